The van der Waals surface area contributed by atoms with Crippen molar-refractivity contribution in [2.75, 3.05) is 29.7 Å². The van der Waals surface area contributed by atoms with Gasteiger partial charge in [0, 0.05) is 12.3 Å². The van der Waals surface area contributed by atoms with Crippen LogP contribution in [0.5, 0.6) is 0 Å². The van der Waals surface area contributed by atoms with Crippen molar-refractivity contribution in [3.05, 3.63) is 29.3 Å². The van der Waals surface area contributed by atoms with Gasteiger partial charge in [0.15, 0.2) is 0 Å². The number of rotatable bonds is 5. The topological polar surface area (TPSA) is 40.6 Å². The third-order valence-corrected chi connectivity index (χ3v) is 4.67. The number of aryl methyl sites for hydroxylation is 2. The first kappa shape index (κ1) is 16.2. The van der Waals surface area contributed by atoms with Gasteiger partial charge in [0.2, 0.25) is 5.91 Å². The van der Waals surface area contributed by atoms with Crippen LogP contribution in [0.4, 0.5) is 10.5 Å². The third kappa shape index (κ3) is 3.52. The normalized spacial score (nSPS) is 14.6. The van der Waals surface area contributed by atoms with Crippen LogP contribution in [0.3, 0.4) is 0 Å². The first-order chi connectivity index (χ1) is 10.1. The number of alkyl halides is 1. The minimum absolute atomic E-state index is 0.0222. The Morgan fingerprint density at radius 3 is 2.81 bits per heavy atom. The van der Waals surface area contributed by atoms with Crippen LogP contribution in [0.25, 0.3) is 0 Å². The molecule has 2 amide bonds. The number of thioether (sulfide) groups is 1. The number of benzene rings is 1. The second kappa shape index (κ2) is 7.18. The van der Waals surface area contributed by atoms with Gasteiger partial charge in [-0.2, -0.15) is 0 Å². The minimum atomic E-state index is -0.176. The van der Waals surface area contributed by atoms with Crippen molar-refractivity contribution in [1.29, 1.82) is 0 Å². The van der Waals surface area contributed by atoms with Crippen LogP contribution in [-0.2, 0) is 11.2 Å². The number of anilines is 1. The average Bonchev–Trinajstić information content (AvgIpc) is 2.89. The minimum Gasteiger partial charge on any atom is -0.315 e. The van der Waals surface area contributed by atoms with Crippen LogP contribution in [0.1, 0.15) is 18.1 Å². The van der Waals surface area contributed by atoms with Gasteiger partial charge >= 0.3 is 0 Å². The lowest BCUT2D eigenvalue weighted by Gasteiger charge is -2.30. The fourth-order valence-corrected chi connectivity index (χ4v) is 3.42. The Bertz CT molecular complexity index is 550. The maximum absolute atomic E-state index is 12.3. The third-order valence-electron chi connectivity index (χ3n) is 3.54. The first-order valence-electron chi connectivity index (χ1n) is 6.95. The predicted molar refractivity (Wildman–Crippen MR) is 88.2 cm³/mol. The number of amides is 2. The quantitative estimate of drug-likeness (QED) is 0.780. The molecule has 0 bridgehead atoms. The van der Waals surface area contributed by atoms with E-state index >= 15 is 0 Å². The van der Waals surface area contributed by atoms with Gasteiger partial charge in [0.1, 0.15) is 12.5 Å². The van der Waals surface area contributed by atoms with Gasteiger partial charge in [-0.1, -0.05) is 36.9 Å². The van der Waals surface area contributed by atoms with Gasteiger partial charge < -0.3 is 4.90 Å². The second-order valence-electron chi connectivity index (χ2n) is 4.91. The number of halogens is 1. The van der Waals surface area contributed by atoms with Crippen molar-refractivity contribution in [2.24, 2.45) is 0 Å². The summed E-state index contributed by atoms with van der Waals surface area (Å²) in [6.45, 7) is 4.97. The van der Waals surface area contributed by atoms with Crippen LogP contribution < -0.4 is 4.90 Å². The van der Waals surface area contributed by atoms with Crippen LogP contribution >= 0.6 is 23.4 Å². The van der Waals surface area contributed by atoms with Gasteiger partial charge in [-0.3, -0.25) is 14.5 Å². The molecule has 0 aliphatic carbocycles. The largest absolute Gasteiger partial charge is 0.315 e. The van der Waals surface area contributed by atoms with Crippen molar-refractivity contribution in [2.45, 2.75) is 20.3 Å². The smallest absolute Gasteiger partial charge is 0.283 e. The Morgan fingerprint density at radius 1 is 1.48 bits per heavy atom. The van der Waals surface area contributed by atoms with E-state index in [-0.39, 0.29) is 23.7 Å². The first-order valence-corrected chi connectivity index (χ1v) is 8.47. The van der Waals surface area contributed by atoms with E-state index in [0.717, 1.165) is 29.0 Å². The van der Waals surface area contributed by atoms with Crippen molar-refractivity contribution >= 4 is 40.2 Å². The molecule has 0 aromatic heterocycles. The molecular weight excluding hydrogens is 308 g/mol. The van der Waals surface area contributed by atoms with Crippen molar-refractivity contribution in [3.63, 3.8) is 0 Å². The van der Waals surface area contributed by atoms with E-state index in [0.29, 0.717) is 6.54 Å². The lowest BCUT2D eigenvalue weighted by atomic mass is 10.0. The summed E-state index contributed by atoms with van der Waals surface area (Å²) in [5.74, 6) is 0.508. The molecule has 1 aliphatic heterocycles. The second-order valence-corrected chi connectivity index (χ2v) is 6.22. The standard InChI is InChI=1S/C15H19ClN2O2S/c1-3-12-6-4-5-11(2)14(12)18(13(19)9-16)10-17-7-8-21-15(17)20/h4-6H,3,7-10H2,1-2H3. The lowest BCUT2D eigenvalue weighted by Crippen LogP contribution is -2.43. The number of hydrogen-bond donors (Lipinski definition) is 0. The molecule has 1 aromatic rings. The summed E-state index contributed by atoms with van der Waals surface area (Å²) >= 11 is 7.06. The molecule has 0 N–H and O–H groups in total. The molecule has 1 aromatic carbocycles. The van der Waals surface area contributed by atoms with Crippen molar-refractivity contribution in [1.82, 2.24) is 4.90 Å². The highest BCUT2D eigenvalue weighted by Crippen LogP contribution is 2.28. The summed E-state index contributed by atoms with van der Waals surface area (Å²) in [4.78, 5) is 27.4. The van der Waals surface area contributed by atoms with Crippen LogP contribution in [0.2, 0.25) is 0 Å². The zero-order valence-corrected chi connectivity index (χ0v) is 13.8. The molecule has 0 spiro atoms. The predicted octanol–water partition coefficient (Wildman–Crippen LogP) is 3.26. The van der Waals surface area contributed by atoms with Crippen molar-refractivity contribution in [3.8, 4) is 0 Å². The SMILES string of the molecule is CCc1cccc(C)c1N(CN1CCSC1=O)C(=O)CCl. The summed E-state index contributed by atoms with van der Waals surface area (Å²) in [7, 11) is 0. The van der Waals surface area contributed by atoms with E-state index in [1.54, 1.807) is 9.80 Å². The summed E-state index contributed by atoms with van der Waals surface area (Å²) in [6.07, 6.45) is 0.825. The number of para-hydroxylation sites is 1. The summed E-state index contributed by atoms with van der Waals surface area (Å²) in [5, 5.41) is 0.0222. The molecule has 114 valence electrons. The summed E-state index contributed by atoms with van der Waals surface area (Å²) in [5.41, 5.74) is 3.00. The van der Waals surface area contributed by atoms with Gasteiger partial charge in [-0.05, 0) is 24.5 Å². The fraction of sp³-hybridized carbons (Fsp3) is 0.467. The van der Waals surface area contributed by atoms with Gasteiger partial charge in [0.25, 0.3) is 5.24 Å². The molecule has 4 nitrogen and oxygen atoms in total. The zero-order chi connectivity index (χ0) is 15.4. The van der Waals surface area contributed by atoms with E-state index in [4.69, 9.17) is 11.6 Å². The molecule has 0 atom stereocenters. The number of hydrogen-bond acceptors (Lipinski definition) is 3. The fourth-order valence-electron chi connectivity index (χ4n) is 2.46. The average molecular weight is 327 g/mol. The number of carbonyl (C=O) groups is 2. The molecule has 0 radical (unpaired) electrons. The molecule has 1 heterocycles. The Balaban J connectivity index is 2.36. The highest BCUT2D eigenvalue weighted by atomic mass is 35.5. The molecule has 1 fully saturated rings. The molecule has 2 rings (SSSR count). The van der Waals surface area contributed by atoms with Crippen molar-refractivity contribution < 1.29 is 9.59 Å². The Kier molecular flexibility index (Phi) is 5.53. The van der Waals surface area contributed by atoms with Crippen LogP contribution in [0.15, 0.2) is 18.2 Å². The van der Waals surface area contributed by atoms with Crippen LogP contribution in [-0.4, -0.2) is 40.9 Å². The molecule has 0 saturated carbocycles. The van der Waals surface area contributed by atoms with Gasteiger partial charge in [-0.25, -0.2) is 0 Å². The van der Waals surface area contributed by atoms with E-state index in [2.05, 4.69) is 6.92 Å². The molecule has 1 aliphatic rings. The van der Waals surface area contributed by atoms with E-state index in [9.17, 15) is 9.59 Å². The lowest BCUT2D eigenvalue weighted by molar-refractivity contribution is -0.116. The summed E-state index contributed by atoms with van der Waals surface area (Å²) < 4.78 is 0. The highest BCUT2D eigenvalue weighted by molar-refractivity contribution is 8.13. The van der Waals surface area contributed by atoms with Gasteiger partial charge in [-0.15, -0.1) is 11.6 Å². The zero-order valence-electron chi connectivity index (χ0n) is 12.3. The van der Waals surface area contributed by atoms with Gasteiger partial charge in [0.05, 0.1) is 5.69 Å². The Labute approximate surface area is 134 Å². The summed E-state index contributed by atoms with van der Waals surface area (Å²) in [6, 6.07) is 5.97. The van der Waals surface area contributed by atoms with E-state index in [1.165, 1.54) is 11.8 Å². The molecule has 1 saturated heterocycles. The maximum Gasteiger partial charge on any atom is 0.283 e. The molecule has 6 heteroatoms. The van der Waals surface area contributed by atoms with E-state index < -0.39 is 0 Å². The Morgan fingerprint density at radius 2 is 2.24 bits per heavy atom. The molecule has 0 unspecified atom stereocenters. The molecular formula is C15H19ClN2O2S. The number of nitrogens with zero attached hydrogens (tertiary/aromatic N) is 2. The highest BCUT2D eigenvalue weighted by Gasteiger charge is 2.27. The monoisotopic (exact) mass is 326 g/mol. The molecule has 21 heavy (non-hydrogen) atoms. The maximum atomic E-state index is 12.3. The van der Waals surface area contributed by atoms with E-state index in [1.807, 2.05) is 25.1 Å². The number of carbonyl (C=O) groups excluding carboxylic acids is 2. The Hall–Kier alpha value is -1.20. The van der Waals surface area contributed by atoms with Crippen LogP contribution in [0, 0.1) is 6.92 Å².